The second-order valence-electron chi connectivity index (χ2n) is 5.89. The first-order valence-electron chi connectivity index (χ1n) is 7.85. The molecule has 2 heterocycles. The number of carbonyl (C=O) groups is 1. The second-order valence-corrected chi connectivity index (χ2v) is 7.77. The molecule has 0 atom stereocenters. The van der Waals surface area contributed by atoms with Crippen LogP contribution in [0, 0.1) is 11.3 Å². The summed E-state index contributed by atoms with van der Waals surface area (Å²) >= 11 is 4.67. The van der Waals surface area contributed by atoms with Gasteiger partial charge in [-0.1, -0.05) is 27.7 Å². The van der Waals surface area contributed by atoms with Gasteiger partial charge in [0.1, 0.15) is 11.1 Å². The average molecular weight is 417 g/mol. The molecule has 0 bridgehead atoms. The first-order chi connectivity index (χ1) is 12.0. The summed E-state index contributed by atoms with van der Waals surface area (Å²) in [6.07, 6.45) is 0.871. The van der Waals surface area contributed by atoms with Crippen molar-refractivity contribution in [2.45, 2.75) is 18.0 Å². The van der Waals surface area contributed by atoms with E-state index in [1.165, 1.54) is 11.8 Å². The summed E-state index contributed by atoms with van der Waals surface area (Å²) in [6, 6.07) is 11.5. The Morgan fingerprint density at radius 3 is 2.92 bits per heavy atom. The summed E-state index contributed by atoms with van der Waals surface area (Å²) in [7, 11) is 2.06. The van der Waals surface area contributed by atoms with Gasteiger partial charge in [0.25, 0.3) is 0 Å². The number of hydrogen-bond acceptors (Lipinski definition) is 5. The summed E-state index contributed by atoms with van der Waals surface area (Å²) in [6.45, 7) is 1.77. The molecule has 1 aliphatic heterocycles. The molecule has 128 valence electrons. The minimum atomic E-state index is -0.115. The highest BCUT2D eigenvalue weighted by Crippen LogP contribution is 2.26. The number of pyridine rings is 1. The standard InChI is InChI=1S/C18H17BrN4OS/c1-23-7-6-16-13(10-23)8-12(9-20)18(22-16)25-11-17(24)21-15-4-2-14(19)3-5-15/h2-5,8H,6-7,10-11H2,1H3,(H,21,24). The molecule has 1 aromatic heterocycles. The van der Waals surface area contributed by atoms with E-state index < -0.39 is 0 Å². The van der Waals surface area contributed by atoms with Crippen LogP contribution in [0.2, 0.25) is 0 Å². The van der Waals surface area contributed by atoms with E-state index in [1.807, 2.05) is 30.3 Å². The smallest absolute Gasteiger partial charge is 0.234 e. The van der Waals surface area contributed by atoms with Crippen LogP contribution in [0.3, 0.4) is 0 Å². The maximum absolute atomic E-state index is 12.1. The van der Waals surface area contributed by atoms with Crippen molar-refractivity contribution in [1.82, 2.24) is 9.88 Å². The fourth-order valence-corrected chi connectivity index (χ4v) is 3.69. The summed E-state index contributed by atoms with van der Waals surface area (Å²) in [5.41, 5.74) is 3.42. The van der Waals surface area contributed by atoms with Gasteiger partial charge in [-0.3, -0.25) is 4.79 Å². The van der Waals surface area contributed by atoms with Gasteiger partial charge in [0.2, 0.25) is 5.91 Å². The Hall–Kier alpha value is -1.88. The zero-order valence-electron chi connectivity index (χ0n) is 13.8. The number of halogens is 1. The normalized spacial score (nSPS) is 13.8. The Morgan fingerprint density at radius 2 is 2.20 bits per heavy atom. The van der Waals surface area contributed by atoms with E-state index in [9.17, 15) is 10.1 Å². The van der Waals surface area contributed by atoms with E-state index in [2.05, 4.69) is 44.2 Å². The van der Waals surface area contributed by atoms with Crippen molar-refractivity contribution < 1.29 is 4.79 Å². The van der Waals surface area contributed by atoms with Crippen LogP contribution in [0.15, 0.2) is 39.8 Å². The molecule has 0 radical (unpaired) electrons. The van der Waals surface area contributed by atoms with Crippen LogP contribution in [-0.2, 0) is 17.8 Å². The number of hydrogen-bond donors (Lipinski definition) is 1. The maximum Gasteiger partial charge on any atom is 0.234 e. The number of likely N-dealkylation sites (N-methyl/N-ethyl adjacent to an activating group) is 1. The lowest BCUT2D eigenvalue weighted by atomic mass is 10.0. The van der Waals surface area contributed by atoms with E-state index in [0.29, 0.717) is 10.6 Å². The van der Waals surface area contributed by atoms with Crippen molar-refractivity contribution in [3.8, 4) is 6.07 Å². The Bertz CT molecular complexity index is 832. The third-order valence-corrected chi connectivity index (χ3v) is 5.43. The van der Waals surface area contributed by atoms with Crippen LogP contribution in [0.4, 0.5) is 5.69 Å². The van der Waals surface area contributed by atoms with Gasteiger partial charge in [0, 0.05) is 35.4 Å². The number of anilines is 1. The van der Waals surface area contributed by atoms with Crippen molar-refractivity contribution >= 4 is 39.3 Å². The number of carbonyl (C=O) groups excluding carboxylic acids is 1. The molecule has 0 spiro atoms. The molecule has 7 heteroatoms. The largest absolute Gasteiger partial charge is 0.325 e. The van der Waals surface area contributed by atoms with Gasteiger partial charge in [-0.25, -0.2) is 4.98 Å². The minimum absolute atomic E-state index is 0.115. The van der Waals surface area contributed by atoms with Crippen LogP contribution in [0.25, 0.3) is 0 Å². The molecule has 1 aliphatic rings. The monoisotopic (exact) mass is 416 g/mol. The molecule has 1 amide bonds. The van der Waals surface area contributed by atoms with Crippen molar-refractivity contribution in [2.75, 3.05) is 24.7 Å². The van der Waals surface area contributed by atoms with Gasteiger partial charge in [0.15, 0.2) is 0 Å². The van der Waals surface area contributed by atoms with Gasteiger partial charge in [-0.15, -0.1) is 0 Å². The topological polar surface area (TPSA) is 69.0 Å². The average Bonchev–Trinajstić information content (AvgIpc) is 2.61. The number of benzene rings is 1. The number of nitrogens with zero attached hydrogens (tertiary/aromatic N) is 3. The predicted molar refractivity (Wildman–Crippen MR) is 102 cm³/mol. The van der Waals surface area contributed by atoms with E-state index in [4.69, 9.17) is 0 Å². The molecular weight excluding hydrogens is 400 g/mol. The number of fused-ring (bicyclic) bond motifs is 1. The zero-order chi connectivity index (χ0) is 17.8. The van der Waals surface area contributed by atoms with Crippen molar-refractivity contribution in [2.24, 2.45) is 0 Å². The van der Waals surface area contributed by atoms with E-state index in [-0.39, 0.29) is 11.7 Å². The van der Waals surface area contributed by atoms with Crippen LogP contribution >= 0.6 is 27.7 Å². The fourth-order valence-electron chi connectivity index (χ4n) is 2.65. The lowest BCUT2D eigenvalue weighted by Gasteiger charge is -2.24. The summed E-state index contributed by atoms with van der Waals surface area (Å²) in [4.78, 5) is 19.0. The Balaban J connectivity index is 1.67. The van der Waals surface area contributed by atoms with Crippen molar-refractivity contribution in [3.63, 3.8) is 0 Å². The van der Waals surface area contributed by atoms with E-state index in [1.54, 1.807) is 0 Å². The van der Waals surface area contributed by atoms with Crippen LogP contribution in [0.5, 0.6) is 0 Å². The summed E-state index contributed by atoms with van der Waals surface area (Å²) in [5, 5.41) is 12.9. The number of rotatable bonds is 4. The molecule has 0 fully saturated rings. The molecule has 2 aromatic rings. The maximum atomic E-state index is 12.1. The number of nitriles is 1. The lowest BCUT2D eigenvalue weighted by molar-refractivity contribution is -0.113. The van der Waals surface area contributed by atoms with E-state index >= 15 is 0 Å². The second kappa shape index (κ2) is 8.00. The van der Waals surface area contributed by atoms with Crippen LogP contribution in [-0.4, -0.2) is 35.1 Å². The van der Waals surface area contributed by atoms with E-state index in [0.717, 1.165) is 40.9 Å². The molecule has 0 unspecified atom stereocenters. The van der Waals surface area contributed by atoms with Gasteiger partial charge >= 0.3 is 0 Å². The molecular formula is C18H17BrN4OS. The van der Waals surface area contributed by atoms with Gasteiger partial charge in [-0.2, -0.15) is 5.26 Å². The molecule has 25 heavy (non-hydrogen) atoms. The highest BCUT2D eigenvalue weighted by Gasteiger charge is 2.18. The predicted octanol–water partition coefficient (Wildman–Crippen LogP) is 3.43. The number of nitrogens with one attached hydrogen (secondary N) is 1. The first-order valence-corrected chi connectivity index (χ1v) is 9.62. The van der Waals surface area contributed by atoms with Crippen molar-refractivity contribution in [3.05, 3.63) is 51.6 Å². The quantitative estimate of drug-likeness (QED) is 0.772. The molecule has 0 saturated carbocycles. The molecule has 3 rings (SSSR count). The van der Waals surface area contributed by atoms with Crippen LogP contribution in [0.1, 0.15) is 16.8 Å². The number of thioether (sulfide) groups is 1. The van der Waals surface area contributed by atoms with Gasteiger partial charge in [-0.05, 0) is 42.9 Å². The molecule has 1 aromatic carbocycles. The minimum Gasteiger partial charge on any atom is -0.325 e. The zero-order valence-corrected chi connectivity index (χ0v) is 16.2. The third-order valence-electron chi connectivity index (χ3n) is 3.92. The lowest BCUT2D eigenvalue weighted by Crippen LogP contribution is -2.27. The van der Waals surface area contributed by atoms with Crippen LogP contribution < -0.4 is 5.32 Å². The van der Waals surface area contributed by atoms with Gasteiger partial charge in [0.05, 0.1) is 11.3 Å². The fraction of sp³-hybridized carbons (Fsp3) is 0.278. The third kappa shape index (κ3) is 4.60. The van der Waals surface area contributed by atoms with Crippen molar-refractivity contribution in [1.29, 1.82) is 5.26 Å². The Labute approximate surface area is 159 Å². The highest BCUT2D eigenvalue weighted by molar-refractivity contribution is 9.10. The molecule has 0 aliphatic carbocycles. The summed E-state index contributed by atoms with van der Waals surface area (Å²) < 4.78 is 0.961. The molecule has 5 nitrogen and oxygen atoms in total. The Morgan fingerprint density at radius 1 is 1.44 bits per heavy atom. The Kier molecular flexibility index (Phi) is 5.74. The molecule has 0 saturated heterocycles. The first kappa shape index (κ1) is 17.9. The highest BCUT2D eigenvalue weighted by atomic mass is 79.9. The molecule has 1 N–H and O–H groups in total. The number of amides is 1. The SMILES string of the molecule is CN1CCc2nc(SCC(=O)Nc3ccc(Br)cc3)c(C#N)cc2C1. The van der Waals surface area contributed by atoms with Gasteiger partial charge < -0.3 is 10.2 Å². The summed E-state index contributed by atoms with van der Waals surface area (Å²) in [5.74, 6) is 0.103. The number of aromatic nitrogens is 1.